The quantitative estimate of drug-likeness (QED) is 0.568. The van der Waals surface area contributed by atoms with Gasteiger partial charge >= 0.3 is 0 Å². The maximum absolute atomic E-state index is 13.2. The van der Waals surface area contributed by atoms with Gasteiger partial charge in [-0.1, -0.05) is 17.7 Å². The van der Waals surface area contributed by atoms with Gasteiger partial charge in [-0.3, -0.25) is 4.79 Å². The van der Waals surface area contributed by atoms with Gasteiger partial charge in [0.15, 0.2) is 0 Å². The summed E-state index contributed by atoms with van der Waals surface area (Å²) in [7, 11) is 1.94. The standard InChI is InChI=1S/C25H27ClN4OS/c1-13-27-23(19-7-8-32-24(19)28-13)21-12-20(21)18-6-3-14(9-22(18)26)25(31)30(2)17-10-15-4-5-16(11-17)29-15/h3,6-9,15-17,20-21,29H,4-5,10-12H2,1-2H3/t15-,16+,17?,20-,21+/m0/s1. The van der Waals surface area contributed by atoms with Gasteiger partial charge in [0.1, 0.15) is 10.7 Å². The minimum Gasteiger partial charge on any atom is -0.339 e. The minimum atomic E-state index is 0.0727. The molecule has 3 aromatic rings. The van der Waals surface area contributed by atoms with Gasteiger partial charge in [-0.05, 0) is 74.1 Å². The number of benzene rings is 1. The van der Waals surface area contributed by atoms with Crippen molar-refractivity contribution in [2.45, 2.75) is 69.0 Å². The van der Waals surface area contributed by atoms with Gasteiger partial charge < -0.3 is 10.2 Å². The molecule has 1 unspecified atom stereocenters. The molecule has 3 fully saturated rings. The highest BCUT2D eigenvalue weighted by Crippen LogP contribution is 2.57. The lowest BCUT2D eigenvalue weighted by Gasteiger charge is -2.35. The van der Waals surface area contributed by atoms with E-state index in [1.165, 1.54) is 12.8 Å². The fourth-order valence-corrected chi connectivity index (χ4v) is 6.92. The number of hydrogen-bond acceptors (Lipinski definition) is 5. The summed E-state index contributed by atoms with van der Waals surface area (Å²) in [6.07, 6.45) is 5.59. The maximum Gasteiger partial charge on any atom is 0.253 e. The molecule has 1 saturated carbocycles. The van der Waals surface area contributed by atoms with Crippen LogP contribution in [0.25, 0.3) is 10.2 Å². The largest absolute Gasteiger partial charge is 0.339 e. The number of nitrogens with one attached hydrogen (secondary N) is 1. The first-order chi connectivity index (χ1) is 15.5. The summed E-state index contributed by atoms with van der Waals surface area (Å²) in [5, 5.41) is 7.58. The summed E-state index contributed by atoms with van der Waals surface area (Å²) >= 11 is 8.39. The van der Waals surface area contributed by atoms with Crippen molar-refractivity contribution in [3.63, 3.8) is 0 Å². The number of carbonyl (C=O) groups is 1. The summed E-state index contributed by atoms with van der Waals surface area (Å²) in [4.78, 5) is 25.5. The smallest absolute Gasteiger partial charge is 0.253 e. The number of amides is 1. The van der Waals surface area contributed by atoms with Gasteiger partial charge in [-0.25, -0.2) is 9.97 Å². The van der Waals surface area contributed by atoms with E-state index in [1.54, 1.807) is 11.3 Å². The van der Waals surface area contributed by atoms with Crippen molar-refractivity contribution in [1.82, 2.24) is 20.2 Å². The third-order valence-electron chi connectivity index (χ3n) is 7.57. The molecule has 7 heteroatoms. The lowest BCUT2D eigenvalue weighted by Crippen LogP contribution is -2.48. The SMILES string of the molecule is Cc1nc([C@@H]2C[C@H]2c2ccc(C(=O)N(C)C3C[C@H]4CC[C@@H](C3)N4)cc2Cl)c2ccsc2n1. The molecular formula is C25H27ClN4OS. The van der Waals surface area contributed by atoms with Gasteiger partial charge in [0.25, 0.3) is 5.91 Å². The van der Waals surface area contributed by atoms with Crippen LogP contribution in [0.4, 0.5) is 0 Å². The molecule has 5 atom stereocenters. The monoisotopic (exact) mass is 466 g/mol. The Morgan fingerprint density at radius 2 is 1.91 bits per heavy atom. The second-order valence-electron chi connectivity index (χ2n) is 9.66. The van der Waals surface area contributed by atoms with Crippen molar-refractivity contribution >= 4 is 39.1 Å². The molecule has 1 N–H and O–H groups in total. The van der Waals surface area contributed by atoms with Crippen LogP contribution in [0, 0.1) is 6.92 Å². The number of aromatic nitrogens is 2. The van der Waals surface area contributed by atoms with E-state index in [1.807, 2.05) is 31.0 Å². The fraction of sp³-hybridized carbons (Fsp3) is 0.480. The third kappa shape index (κ3) is 3.53. The Hall–Kier alpha value is -2.02. The zero-order chi connectivity index (χ0) is 22.0. The van der Waals surface area contributed by atoms with Crippen LogP contribution < -0.4 is 5.32 Å². The molecule has 0 spiro atoms. The Kier molecular flexibility index (Phi) is 5.01. The average molecular weight is 467 g/mol. The van der Waals surface area contributed by atoms with Crippen LogP contribution in [0.2, 0.25) is 5.02 Å². The summed E-state index contributed by atoms with van der Waals surface area (Å²) < 4.78 is 0. The van der Waals surface area contributed by atoms with Crippen LogP contribution in [0.3, 0.4) is 0 Å². The van der Waals surface area contributed by atoms with E-state index >= 15 is 0 Å². The molecule has 6 rings (SSSR count). The van der Waals surface area contributed by atoms with Gasteiger partial charge in [0.2, 0.25) is 0 Å². The second kappa shape index (κ2) is 7.79. The Balaban J connectivity index is 1.20. The Bertz CT molecular complexity index is 1200. The lowest BCUT2D eigenvalue weighted by atomic mass is 9.97. The minimum absolute atomic E-state index is 0.0727. The molecule has 4 heterocycles. The van der Waals surface area contributed by atoms with Crippen LogP contribution in [-0.4, -0.2) is 45.9 Å². The van der Waals surface area contributed by atoms with E-state index in [0.717, 1.165) is 46.6 Å². The van der Waals surface area contributed by atoms with Gasteiger partial charge in [-0.2, -0.15) is 0 Å². The molecule has 3 aliphatic rings. The zero-order valence-corrected chi connectivity index (χ0v) is 19.9. The number of carbonyl (C=O) groups excluding carboxylic acids is 1. The van der Waals surface area contributed by atoms with Crippen molar-refractivity contribution in [3.8, 4) is 0 Å². The number of fused-ring (bicyclic) bond motifs is 3. The average Bonchev–Trinajstić information content (AvgIpc) is 3.30. The van der Waals surface area contributed by atoms with Crippen LogP contribution in [-0.2, 0) is 0 Å². The van der Waals surface area contributed by atoms with Gasteiger partial charge in [0, 0.05) is 47.1 Å². The summed E-state index contributed by atoms with van der Waals surface area (Å²) in [6, 6.07) is 9.43. The first-order valence-electron chi connectivity index (χ1n) is 11.5. The molecule has 166 valence electrons. The Morgan fingerprint density at radius 1 is 1.12 bits per heavy atom. The van der Waals surface area contributed by atoms with Gasteiger partial charge in [0.05, 0.1) is 5.69 Å². The molecule has 2 aromatic heterocycles. The number of aryl methyl sites for hydroxylation is 1. The zero-order valence-electron chi connectivity index (χ0n) is 18.3. The molecule has 2 bridgehead atoms. The highest BCUT2D eigenvalue weighted by Gasteiger charge is 2.43. The third-order valence-corrected chi connectivity index (χ3v) is 8.71. The molecule has 2 aliphatic heterocycles. The van der Waals surface area contributed by atoms with E-state index in [-0.39, 0.29) is 5.91 Å². The van der Waals surface area contributed by atoms with E-state index < -0.39 is 0 Å². The number of thiophene rings is 1. The number of halogens is 1. The van der Waals surface area contributed by atoms with Crippen LogP contribution in [0.5, 0.6) is 0 Å². The molecule has 1 aromatic carbocycles. The van der Waals surface area contributed by atoms with Crippen LogP contribution in [0.15, 0.2) is 29.6 Å². The molecule has 1 aliphatic carbocycles. The Morgan fingerprint density at radius 3 is 2.66 bits per heavy atom. The van der Waals surface area contributed by atoms with Crippen molar-refractivity contribution in [3.05, 3.63) is 57.3 Å². The molecule has 2 saturated heterocycles. The van der Waals surface area contributed by atoms with E-state index in [0.29, 0.717) is 40.5 Å². The molecule has 0 radical (unpaired) electrons. The van der Waals surface area contributed by atoms with Crippen molar-refractivity contribution in [2.24, 2.45) is 0 Å². The van der Waals surface area contributed by atoms with E-state index in [4.69, 9.17) is 16.6 Å². The summed E-state index contributed by atoms with van der Waals surface area (Å²) in [5.41, 5.74) is 2.94. The predicted octanol–water partition coefficient (Wildman–Crippen LogP) is 5.28. The molecule has 1 amide bonds. The molecular weight excluding hydrogens is 440 g/mol. The highest BCUT2D eigenvalue weighted by molar-refractivity contribution is 7.16. The maximum atomic E-state index is 13.2. The number of hydrogen-bond donors (Lipinski definition) is 1. The first kappa shape index (κ1) is 20.6. The normalized spacial score (nSPS) is 28.8. The van der Waals surface area contributed by atoms with Gasteiger partial charge in [-0.15, -0.1) is 11.3 Å². The van der Waals surface area contributed by atoms with Crippen LogP contribution in [0.1, 0.15) is 71.4 Å². The van der Waals surface area contributed by atoms with Crippen molar-refractivity contribution in [2.75, 3.05) is 7.05 Å². The van der Waals surface area contributed by atoms with E-state index in [9.17, 15) is 4.79 Å². The Labute approximate surface area is 197 Å². The lowest BCUT2D eigenvalue weighted by molar-refractivity contribution is 0.0681. The second-order valence-corrected chi connectivity index (χ2v) is 11.0. The van der Waals surface area contributed by atoms with Crippen molar-refractivity contribution in [1.29, 1.82) is 0 Å². The predicted molar refractivity (Wildman–Crippen MR) is 129 cm³/mol. The van der Waals surface area contributed by atoms with Crippen LogP contribution >= 0.6 is 22.9 Å². The fourth-order valence-electron chi connectivity index (χ4n) is 5.79. The number of nitrogens with zero attached hydrogens (tertiary/aromatic N) is 3. The van der Waals surface area contributed by atoms with E-state index in [2.05, 4.69) is 27.8 Å². The molecule has 5 nitrogen and oxygen atoms in total. The van der Waals surface area contributed by atoms with Crippen molar-refractivity contribution < 1.29 is 4.79 Å². The number of piperidine rings is 1. The summed E-state index contributed by atoms with van der Waals surface area (Å²) in [6.45, 7) is 1.96. The number of rotatable bonds is 4. The topological polar surface area (TPSA) is 58.1 Å². The summed E-state index contributed by atoms with van der Waals surface area (Å²) in [5.74, 6) is 1.60. The highest BCUT2D eigenvalue weighted by atomic mass is 35.5. The first-order valence-corrected chi connectivity index (χ1v) is 12.8. The molecule has 32 heavy (non-hydrogen) atoms.